The SMILES string of the molecule is O[C@@H](c1cccc(OC2CC2)c1)C(F)(F)F. The lowest BCUT2D eigenvalue weighted by Gasteiger charge is -2.15. The van der Waals surface area contributed by atoms with Crippen molar-refractivity contribution in [1.29, 1.82) is 0 Å². The van der Waals surface area contributed by atoms with E-state index in [0.29, 0.717) is 5.75 Å². The largest absolute Gasteiger partial charge is 0.490 e. The van der Waals surface area contributed by atoms with E-state index in [1.54, 1.807) is 6.07 Å². The highest BCUT2D eigenvalue weighted by Gasteiger charge is 2.39. The van der Waals surface area contributed by atoms with Crippen LogP contribution in [0.25, 0.3) is 0 Å². The average Bonchev–Trinajstić information content (AvgIpc) is 2.99. The maximum atomic E-state index is 12.3. The van der Waals surface area contributed by atoms with Crippen LogP contribution in [0.1, 0.15) is 24.5 Å². The van der Waals surface area contributed by atoms with E-state index >= 15 is 0 Å². The van der Waals surface area contributed by atoms with Gasteiger partial charge in [-0.25, -0.2) is 0 Å². The van der Waals surface area contributed by atoms with Crippen LogP contribution in [0, 0.1) is 0 Å². The van der Waals surface area contributed by atoms with Gasteiger partial charge in [0, 0.05) is 0 Å². The van der Waals surface area contributed by atoms with Crippen molar-refractivity contribution < 1.29 is 23.0 Å². The standard InChI is InChI=1S/C11H11F3O2/c12-11(13,14)10(15)7-2-1-3-9(6-7)16-8-4-5-8/h1-3,6,8,10,15H,4-5H2/t10-/m0/s1. The molecule has 2 nitrogen and oxygen atoms in total. The Morgan fingerprint density at radius 3 is 2.56 bits per heavy atom. The number of ether oxygens (including phenoxy) is 1. The number of halogens is 3. The first kappa shape index (κ1) is 11.3. The lowest BCUT2D eigenvalue weighted by molar-refractivity contribution is -0.206. The molecule has 0 radical (unpaired) electrons. The fourth-order valence-electron chi connectivity index (χ4n) is 1.33. The van der Waals surface area contributed by atoms with Crippen LogP contribution in [0.3, 0.4) is 0 Å². The second-order valence-corrected chi connectivity index (χ2v) is 3.83. The summed E-state index contributed by atoms with van der Waals surface area (Å²) in [4.78, 5) is 0. The Morgan fingerprint density at radius 1 is 1.31 bits per heavy atom. The van der Waals surface area contributed by atoms with Gasteiger partial charge < -0.3 is 9.84 Å². The van der Waals surface area contributed by atoms with Gasteiger partial charge in [-0.2, -0.15) is 13.2 Å². The second-order valence-electron chi connectivity index (χ2n) is 3.83. The molecule has 16 heavy (non-hydrogen) atoms. The number of aliphatic hydroxyl groups excluding tert-OH is 1. The van der Waals surface area contributed by atoms with Gasteiger partial charge in [-0.1, -0.05) is 12.1 Å². The predicted molar refractivity (Wildman–Crippen MR) is 51.1 cm³/mol. The number of hydrogen-bond donors (Lipinski definition) is 1. The fraction of sp³-hybridized carbons (Fsp3) is 0.455. The summed E-state index contributed by atoms with van der Waals surface area (Å²) in [6.45, 7) is 0. The number of alkyl halides is 3. The van der Waals surface area contributed by atoms with Gasteiger partial charge in [-0.3, -0.25) is 0 Å². The molecule has 1 atom stereocenters. The van der Waals surface area contributed by atoms with Crippen LogP contribution >= 0.6 is 0 Å². The van der Waals surface area contributed by atoms with Crippen LogP contribution in [0.2, 0.25) is 0 Å². The summed E-state index contributed by atoms with van der Waals surface area (Å²) in [5.41, 5.74) is -0.189. The molecule has 1 aliphatic carbocycles. The van der Waals surface area contributed by atoms with Gasteiger partial charge in [0.1, 0.15) is 5.75 Å². The summed E-state index contributed by atoms with van der Waals surface area (Å²) in [6.07, 6.45) is -5.09. The molecule has 5 heteroatoms. The minimum atomic E-state index is -4.64. The van der Waals surface area contributed by atoms with E-state index in [0.717, 1.165) is 12.8 Å². The van der Waals surface area contributed by atoms with Crippen molar-refractivity contribution in [3.8, 4) is 5.75 Å². The molecule has 0 amide bonds. The minimum Gasteiger partial charge on any atom is -0.490 e. The van der Waals surface area contributed by atoms with Crippen LogP contribution in [0.15, 0.2) is 24.3 Å². The van der Waals surface area contributed by atoms with Gasteiger partial charge in [0.15, 0.2) is 6.10 Å². The van der Waals surface area contributed by atoms with E-state index in [1.165, 1.54) is 18.2 Å². The van der Waals surface area contributed by atoms with Crippen LogP contribution < -0.4 is 4.74 Å². The van der Waals surface area contributed by atoms with Crippen molar-refractivity contribution in [3.63, 3.8) is 0 Å². The third-order valence-electron chi connectivity index (χ3n) is 2.31. The Kier molecular flexibility index (Phi) is 2.80. The van der Waals surface area contributed by atoms with Gasteiger partial charge >= 0.3 is 6.18 Å². The Morgan fingerprint density at radius 2 is 2.00 bits per heavy atom. The normalized spacial score (nSPS) is 18.2. The molecule has 1 N–H and O–H groups in total. The van der Waals surface area contributed by atoms with E-state index in [1.807, 2.05) is 0 Å². The molecule has 0 unspecified atom stereocenters. The molecule has 0 spiro atoms. The highest BCUT2D eigenvalue weighted by molar-refractivity contribution is 5.31. The molecule has 88 valence electrons. The van der Waals surface area contributed by atoms with E-state index < -0.39 is 12.3 Å². The van der Waals surface area contributed by atoms with Gasteiger partial charge in [0.05, 0.1) is 6.10 Å². The molecule has 1 saturated carbocycles. The molecule has 0 aromatic heterocycles. The van der Waals surface area contributed by atoms with Crippen LogP contribution in [0.4, 0.5) is 13.2 Å². The third kappa shape index (κ3) is 2.66. The summed E-state index contributed by atoms with van der Waals surface area (Å²) >= 11 is 0. The maximum Gasteiger partial charge on any atom is 0.418 e. The van der Waals surface area contributed by atoms with Crippen molar-refractivity contribution in [3.05, 3.63) is 29.8 Å². The molecule has 1 aromatic rings. The van der Waals surface area contributed by atoms with Crippen molar-refractivity contribution >= 4 is 0 Å². The van der Waals surface area contributed by atoms with E-state index in [4.69, 9.17) is 9.84 Å². The zero-order valence-corrected chi connectivity index (χ0v) is 8.37. The van der Waals surface area contributed by atoms with E-state index in [-0.39, 0.29) is 11.7 Å². The molecule has 1 fully saturated rings. The summed E-state index contributed by atoms with van der Waals surface area (Å²) < 4.78 is 42.1. The Labute approximate surface area is 90.7 Å². The van der Waals surface area contributed by atoms with Gasteiger partial charge in [-0.05, 0) is 30.5 Å². The fourth-order valence-corrected chi connectivity index (χ4v) is 1.33. The molecule has 0 saturated heterocycles. The number of rotatable bonds is 3. The predicted octanol–water partition coefficient (Wildman–Crippen LogP) is 2.82. The number of benzene rings is 1. The summed E-state index contributed by atoms with van der Waals surface area (Å²) in [6, 6.07) is 5.50. The Balaban J connectivity index is 2.14. The quantitative estimate of drug-likeness (QED) is 0.868. The minimum absolute atomic E-state index is 0.123. The second kappa shape index (κ2) is 3.97. The molecule has 1 aromatic carbocycles. The monoisotopic (exact) mass is 232 g/mol. The Bertz CT molecular complexity index is 372. The van der Waals surface area contributed by atoms with E-state index in [9.17, 15) is 13.2 Å². The first-order chi connectivity index (χ1) is 7.47. The lowest BCUT2D eigenvalue weighted by atomic mass is 10.1. The zero-order chi connectivity index (χ0) is 11.8. The molecule has 0 heterocycles. The third-order valence-corrected chi connectivity index (χ3v) is 2.31. The topological polar surface area (TPSA) is 29.5 Å². The first-order valence-electron chi connectivity index (χ1n) is 4.98. The number of aliphatic hydroxyl groups is 1. The maximum absolute atomic E-state index is 12.3. The Hall–Kier alpha value is -1.23. The van der Waals surface area contributed by atoms with Gasteiger partial charge in [0.25, 0.3) is 0 Å². The van der Waals surface area contributed by atoms with Crippen molar-refractivity contribution in [2.24, 2.45) is 0 Å². The lowest BCUT2D eigenvalue weighted by Crippen LogP contribution is -2.20. The van der Waals surface area contributed by atoms with Crippen molar-refractivity contribution in [2.45, 2.75) is 31.2 Å². The van der Waals surface area contributed by atoms with Crippen LogP contribution in [-0.2, 0) is 0 Å². The molecule has 1 aliphatic rings. The summed E-state index contributed by atoms with van der Waals surface area (Å²) in [7, 11) is 0. The average molecular weight is 232 g/mol. The van der Waals surface area contributed by atoms with Crippen LogP contribution in [0.5, 0.6) is 5.75 Å². The van der Waals surface area contributed by atoms with E-state index in [2.05, 4.69) is 0 Å². The smallest absolute Gasteiger partial charge is 0.418 e. The van der Waals surface area contributed by atoms with Gasteiger partial charge in [-0.15, -0.1) is 0 Å². The molecule has 0 bridgehead atoms. The molecular weight excluding hydrogens is 221 g/mol. The zero-order valence-electron chi connectivity index (χ0n) is 8.37. The highest BCUT2D eigenvalue weighted by atomic mass is 19.4. The first-order valence-corrected chi connectivity index (χ1v) is 4.98. The van der Waals surface area contributed by atoms with Crippen molar-refractivity contribution in [1.82, 2.24) is 0 Å². The summed E-state index contributed by atoms with van der Waals surface area (Å²) in [5.74, 6) is 0.378. The number of hydrogen-bond acceptors (Lipinski definition) is 2. The summed E-state index contributed by atoms with van der Waals surface area (Å²) in [5, 5.41) is 9.05. The molecular formula is C11H11F3O2. The highest BCUT2D eigenvalue weighted by Crippen LogP contribution is 2.34. The van der Waals surface area contributed by atoms with Crippen LogP contribution in [-0.4, -0.2) is 17.4 Å². The van der Waals surface area contributed by atoms with Gasteiger partial charge in [0.2, 0.25) is 0 Å². The van der Waals surface area contributed by atoms with Crippen molar-refractivity contribution in [2.75, 3.05) is 0 Å². The molecule has 0 aliphatic heterocycles. The molecule has 2 rings (SSSR count).